The van der Waals surface area contributed by atoms with E-state index in [2.05, 4.69) is 10.3 Å². The Hall–Kier alpha value is -2.07. The summed E-state index contributed by atoms with van der Waals surface area (Å²) < 4.78 is 26.6. The van der Waals surface area contributed by atoms with Crippen molar-refractivity contribution in [2.45, 2.75) is 6.54 Å². The number of hydrogen-bond donors (Lipinski definition) is 2. The molecule has 2 aromatic carbocycles. The van der Waals surface area contributed by atoms with Crippen molar-refractivity contribution in [3.8, 4) is 0 Å². The highest BCUT2D eigenvalue weighted by Gasteiger charge is 2.10. The molecule has 0 saturated carbocycles. The predicted octanol–water partition coefficient (Wildman–Crippen LogP) is 4.71. The molecule has 0 aliphatic heterocycles. The Morgan fingerprint density at radius 3 is 2.75 bits per heavy atom. The Labute approximate surface area is 119 Å². The van der Waals surface area contributed by atoms with E-state index in [0.29, 0.717) is 6.54 Å². The molecule has 0 amide bonds. The molecule has 0 bridgehead atoms. The van der Waals surface area contributed by atoms with E-state index in [1.807, 2.05) is 30.5 Å². The molecule has 0 spiro atoms. The van der Waals surface area contributed by atoms with Crippen LogP contribution in [0.25, 0.3) is 10.9 Å². The summed E-state index contributed by atoms with van der Waals surface area (Å²) in [6.07, 6.45) is 1.85. The van der Waals surface area contributed by atoms with Crippen LogP contribution in [0.2, 0.25) is 5.02 Å². The molecular formula is C15H11ClF2N2. The number of para-hydroxylation sites is 1. The van der Waals surface area contributed by atoms with Crippen molar-refractivity contribution in [1.29, 1.82) is 0 Å². The molecule has 20 heavy (non-hydrogen) atoms. The molecule has 0 aliphatic carbocycles. The van der Waals surface area contributed by atoms with E-state index in [1.165, 1.54) is 0 Å². The number of rotatable bonds is 3. The van der Waals surface area contributed by atoms with E-state index in [0.717, 1.165) is 28.6 Å². The number of H-pyrrole nitrogens is 1. The second-order valence-corrected chi connectivity index (χ2v) is 4.86. The summed E-state index contributed by atoms with van der Waals surface area (Å²) in [5, 5.41) is 3.99. The summed E-state index contributed by atoms with van der Waals surface area (Å²) >= 11 is 5.84. The normalized spacial score (nSPS) is 10.9. The van der Waals surface area contributed by atoms with Gasteiger partial charge < -0.3 is 10.3 Å². The maximum absolute atomic E-state index is 13.7. The predicted molar refractivity (Wildman–Crippen MR) is 77.0 cm³/mol. The highest BCUT2D eigenvalue weighted by Crippen LogP contribution is 2.27. The lowest BCUT2D eigenvalue weighted by Crippen LogP contribution is -2.02. The second-order valence-electron chi connectivity index (χ2n) is 4.46. The van der Waals surface area contributed by atoms with E-state index in [9.17, 15) is 8.78 Å². The number of anilines is 1. The largest absolute Gasteiger partial charge is 0.377 e. The molecule has 0 radical (unpaired) electrons. The van der Waals surface area contributed by atoms with Crippen molar-refractivity contribution in [2.75, 3.05) is 5.32 Å². The molecule has 0 aliphatic rings. The highest BCUT2D eigenvalue weighted by molar-refractivity contribution is 6.33. The van der Waals surface area contributed by atoms with Crippen LogP contribution < -0.4 is 5.32 Å². The number of hydrogen-bond acceptors (Lipinski definition) is 1. The lowest BCUT2D eigenvalue weighted by atomic mass is 10.1. The minimum atomic E-state index is -0.699. The SMILES string of the molecule is Fc1cc(F)c(NCc2c[nH]c3ccccc23)c(Cl)c1. The number of nitrogens with one attached hydrogen (secondary N) is 2. The average Bonchev–Trinajstić information content (AvgIpc) is 2.81. The Bertz CT molecular complexity index is 744. The first-order chi connectivity index (χ1) is 9.65. The van der Waals surface area contributed by atoms with Crippen LogP contribution >= 0.6 is 11.6 Å². The molecule has 0 unspecified atom stereocenters. The van der Waals surface area contributed by atoms with Gasteiger partial charge in [-0.15, -0.1) is 0 Å². The Kier molecular flexibility index (Phi) is 3.32. The highest BCUT2D eigenvalue weighted by atomic mass is 35.5. The average molecular weight is 293 g/mol. The molecule has 0 fully saturated rings. The van der Waals surface area contributed by atoms with Gasteiger partial charge in [0.15, 0.2) is 5.82 Å². The fourth-order valence-corrected chi connectivity index (χ4v) is 2.43. The van der Waals surface area contributed by atoms with E-state index >= 15 is 0 Å². The number of fused-ring (bicyclic) bond motifs is 1. The number of benzene rings is 2. The number of aromatic nitrogens is 1. The summed E-state index contributed by atoms with van der Waals surface area (Å²) in [5.74, 6) is -1.39. The smallest absolute Gasteiger partial charge is 0.150 e. The van der Waals surface area contributed by atoms with Crippen LogP contribution in [0.5, 0.6) is 0 Å². The van der Waals surface area contributed by atoms with E-state index in [1.54, 1.807) is 0 Å². The zero-order valence-corrected chi connectivity index (χ0v) is 11.1. The van der Waals surface area contributed by atoms with Gasteiger partial charge in [0.05, 0.1) is 10.7 Å². The van der Waals surface area contributed by atoms with E-state index < -0.39 is 11.6 Å². The number of halogens is 3. The quantitative estimate of drug-likeness (QED) is 0.719. The maximum Gasteiger partial charge on any atom is 0.150 e. The molecule has 1 aromatic heterocycles. The fourth-order valence-electron chi connectivity index (χ4n) is 2.17. The van der Waals surface area contributed by atoms with Crippen LogP contribution in [0.1, 0.15) is 5.56 Å². The van der Waals surface area contributed by atoms with Crippen LogP contribution in [0.3, 0.4) is 0 Å². The van der Waals surface area contributed by atoms with Gasteiger partial charge in [-0.3, -0.25) is 0 Å². The standard InChI is InChI=1S/C15H11ClF2N2/c16-12-5-10(17)6-13(18)15(12)20-8-9-7-19-14-4-2-1-3-11(9)14/h1-7,19-20H,8H2. The van der Waals surface area contributed by atoms with Crippen LogP contribution in [0.15, 0.2) is 42.6 Å². The molecule has 1 heterocycles. The molecule has 0 saturated heterocycles. The van der Waals surface area contributed by atoms with Crippen molar-refractivity contribution in [2.24, 2.45) is 0 Å². The van der Waals surface area contributed by atoms with Gasteiger partial charge in [-0.05, 0) is 17.7 Å². The molecular weight excluding hydrogens is 282 g/mol. The third-order valence-corrected chi connectivity index (χ3v) is 3.44. The van der Waals surface area contributed by atoms with Gasteiger partial charge >= 0.3 is 0 Å². The van der Waals surface area contributed by atoms with Crippen LogP contribution in [-0.2, 0) is 6.54 Å². The first-order valence-corrected chi connectivity index (χ1v) is 6.46. The zero-order valence-electron chi connectivity index (χ0n) is 10.4. The molecule has 2 nitrogen and oxygen atoms in total. The second kappa shape index (κ2) is 5.13. The van der Waals surface area contributed by atoms with Gasteiger partial charge in [0.2, 0.25) is 0 Å². The Balaban J connectivity index is 1.87. The minimum Gasteiger partial charge on any atom is -0.377 e. The van der Waals surface area contributed by atoms with Crippen molar-refractivity contribution < 1.29 is 8.78 Å². The summed E-state index contributed by atoms with van der Waals surface area (Å²) in [7, 11) is 0. The van der Waals surface area contributed by atoms with Gasteiger partial charge in [-0.25, -0.2) is 8.78 Å². The summed E-state index contributed by atoms with van der Waals surface area (Å²) in [6.45, 7) is 0.395. The molecule has 2 N–H and O–H groups in total. The third-order valence-electron chi connectivity index (χ3n) is 3.14. The van der Waals surface area contributed by atoms with Gasteiger partial charge in [0.1, 0.15) is 5.82 Å². The molecule has 3 rings (SSSR count). The van der Waals surface area contributed by atoms with Gasteiger partial charge in [0, 0.05) is 29.7 Å². The van der Waals surface area contributed by atoms with Gasteiger partial charge in [-0.1, -0.05) is 29.8 Å². The van der Waals surface area contributed by atoms with Crippen LogP contribution in [0, 0.1) is 11.6 Å². The lowest BCUT2D eigenvalue weighted by Gasteiger charge is -2.09. The Morgan fingerprint density at radius 2 is 1.95 bits per heavy atom. The fraction of sp³-hybridized carbons (Fsp3) is 0.0667. The minimum absolute atomic E-state index is 0.0299. The maximum atomic E-state index is 13.7. The lowest BCUT2D eigenvalue weighted by molar-refractivity contribution is 0.585. The van der Waals surface area contributed by atoms with E-state index in [-0.39, 0.29) is 10.7 Å². The monoisotopic (exact) mass is 292 g/mol. The van der Waals surface area contributed by atoms with Crippen molar-refractivity contribution in [1.82, 2.24) is 4.98 Å². The van der Waals surface area contributed by atoms with Crippen molar-refractivity contribution >= 4 is 28.2 Å². The molecule has 102 valence electrons. The van der Waals surface area contributed by atoms with Crippen molar-refractivity contribution in [3.05, 3.63) is 64.8 Å². The first-order valence-electron chi connectivity index (χ1n) is 6.08. The first kappa shape index (κ1) is 12.9. The molecule has 0 atom stereocenters. The molecule has 5 heteroatoms. The van der Waals surface area contributed by atoms with Crippen molar-refractivity contribution in [3.63, 3.8) is 0 Å². The summed E-state index contributed by atoms with van der Waals surface area (Å²) in [4.78, 5) is 3.14. The van der Waals surface area contributed by atoms with Crippen LogP contribution in [0.4, 0.5) is 14.5 Å². The van der Waals surface area contributed by atoms with Gasteiger partial charge in [0.25, 0.3) is 0 Å². The topological polar surface area (TPSA) is 27.8 Å². The Morgan fingerprint density at radius 1 is 1.15 bits per heavy atom. The zero-order chi connectivity index (χ0) is 14.1. The van der Waals surface area contributed by atoms with Gasteiger partial charge in [-0.2, -0.15) is 0 Å². The van der Waals surface area contributed by atoms with E-state index in [4.69, 9.17) is 11.6 Å². The summed E-state index contributed by atoms with van der Waals surface area (Å²) in [6, 6.07) is 9.71. The van der Waals surface area contributed by atoms with Crippen LogP contribution in [-0.4, -0.2) is 4.98 Å². The summed E-state index contributed by atoms with van der Waals surface area (Å²) in [5.41, 5.74) is 2.11. The number of aromatic amines is 1. The third kappa shape index (κ3) is 2.34. The molecule has 3 aromatic rings.